The van der Waals surface area contributed by atoms with Crippen molar-refractivity contribution in [2.75, 3.05) is 10.6 Å². The molecule has 0 aliphatic rings. The molecule has 2 N–H and O–H groups in total. The molecule has 3 aromatic rings. The second-order valence-corrected chi connectivity index (χ2v) is 7.37. The van der Waals surface area contributed by atoms with Gasteiger partial charge < -0.3 is 10.6 Å². The van der Waals surface area contributed by atoms with Crippen LogP contribution in [0.5, 0.6) is 0 Å². The zero-order valence-electron chi connectivity index (χ0n) is 16.1. The number of aryl methyl sites for hydroxylation is 1. The molecule has 0 fully saturated rings. The van der Waals surface area contributed by atoms with Crippen LogP contribution >= 0.6 is 23.2 Å². The minimum atomic E-state index is -0.426. The average molecular weight is 432 g/mol. The topological polar surface area (TPSA) is 88.9 Å². The highest BCUT2D eigenvalue weighted by Gasteiger charge is 2.19. The van der Waals surface area contributed by atoms with E-state index < -0.39 is 5.91 Å². The maximum atomic E-state index is 12.6. The van der Waals surface area contributed by atoms with Gasteiger partial charge in [-0.1, -0.05) is 40.5 Å². The van der Waals surface area contributed by atoms with Gasteiger partial charge in [-0.15, -0.1) is 5.10 Å². The number of nitrogens with zero attached hydrogens (tertiary/aromatic N) is 3. The van der Waals surface area contributed by atoms with Gasteiger partial charge in [-0.3, -0.25) is 9.59 Å². The van der Waals surface area contributed by atoms with Crippen molar-refractivity contribution in [2.45, 2.75) is 27.3 Å². The Hall–Kier alpha value is -2.90. The van der Waals surface area contributed by atoms with Crippen LogP contribution in [0.25, 0.3) is 0 Å². The van der Waals surface area contributed by atoms with Crippen LogP contribution in [0.1, 0.15) is 27.3 Å². The minimum absolute atomic E-state index is 0.0895. The van der Waals surface area contributed by atoms with E-state index in [1.165, 1.54) is 4.68 Å². The molecule has 0 radical (unpaired) electrons. The molecule has 1 heterocycles. The van der Waals surface area contributed by atoms with Crippen LogP contribution in [0.15, 0.2) is 36.4 Å². The lowest BCUT2D eigenvalue weighted by atomic mass is 10.2. The lowest BCUT2D eigenvalue weighted by Gasteiger charge is -2.09. The zero-order chi connectivity index (χ0) is 21.1. The maximum absolute atomic E-state index is 12.6. The van der Waals surface area contributed by atoms with Crippen LogP contribution in [-0.4, -0.2) is 26.8 Å². The summed E-state index contributed by atoms with van der Waals surface area (Å²) in [5.74, 6) is -0.736. The van der Waals surface area contributed by atoms with Crippen molar-refractivity contribution in [1.29, 1.82) is 0 Å². The first-order valence-electron chi connectivity index (χ1n) is 8.79. The van der Waals surface area contributed by atoms with Gasteiger partial charge in [0.15, 0.2) is 5.69 Å². The van der Waals surface area contributed by atoms with Gasteiger partial charge in [0.05, 0.1) is 5.69 Å². The van der Waals surface area contributed by atoms with Crippen molar-refractivity contribution in [3.63, 3.8) is 0 Å². The van der Waals surface area contributed by atoms with Gasteiger partial charge in [0.25, 0.3) is 5.91 Å². The molecule has 0 atom stereocenters. The third-order valence-corrected chi connectivity index (χ3v) is 5.28. The van der Waals surface area contributed by atoms with Crippen molar-refractivity contribution in [3.8, 4) is 0 Å². The standard InChI is InChI=1S/C20H19Cl2N5O2/c1-11-7-8-14(9-16(11)22)23-18(28)10-27-13(3)19(25-26-27)20(29)24-17-6-4-5-15(21)12(17)2/h4-9H,10H2,1-3H3,(H,23,28)(H,24,29). The monoisotopic (exact) mass is 431 g/mol. The quantitative estimate of drug-likeness (QED) is 0.626. The van der Waals surface area contributed by atoms with Gasteiger partial charge in [-0.2, -0.15) is 0 Å². The van der Waals surface area contributed by atoms with Crippen LogP contribution in [-0.2, 0) is 11.3 Å². The number of aromatic nitrogens is 3. The molecule has 0 aliphatic carbocycles. The highest BCUT2D eigenvalue weighted by molar-refractivity contribution is 6.32. The largest absolute Gasteiger partial charge is 0.324 e. The van der Waals surface area contributed by atoms with Crippen LogP contribution in [0.3, 0.4) is 0 Å². The van der Waals surface area contributed by atoms with Gasteiger partial charge in [0.1, 0.15) is 6.54 Å². The number of hydrogen-bond donors (Lipinski definition) is 2. The normalized spacial score (nSPS) is 10.7. The first kappa shape index (κ1) is 20.8. The van der Waals surface area contributed by atoms with Crippen molar-refractivity contribution >= 4 is 46.4 Å². The van der Waals surface area contributed by atoms with Crippen LogP contribution in [0, 0.1) is 20.8 Å². The molecule has 1 aromatic heterocycles. The Balaban J connectivity index is 1.69. The first-order valence-corrected chi connectivity index (χ1v) is 9.54. The summed E-state index contributed by atoms with van der Waals surface area (Å²) < 4.78 is 1.37. The molecular formula is C20H19Cl2N5O2. The van der Waals surface area contributed by atoms with Crippen molar-refractivity contribution in [1.82, 2.24) is 15.0 Å². The third-order valence-electron chi connectivity index (χ3n) is 4.46. The van der Waals surface area contributed by atoms with E-state index in [-0.39, 0.29) is 18.1 Å². The van der Waals surface area contributed by atoms with Crippen molar-refractivity contribution < 1.29 is 9.59 Å². The molecule has 0 unspecified atom stereocenters. The molecule has 9 heteroatoms. The predicted octanol–water partition coefficient (Wildman–Crippen LogP) is 4.40. The Labute approximate surface area is 178 Å². The Kier molecular flexibility index (Phi) is 6.20. The highest BCUT2D eigenvalue weighted by Crippen LogP contribution is 2.23. The van der Waals surface area contributed by atoms with Gasteiger partial charge in [0, 0.05) is 21.4 Å². The van der Waals surface area contributed by atoms with Gasteiger partial charge in [-0.05, 0) is 56.2 Å². The van der Waals surface area contributed by atoms with Gasteiger partial charge in [-0.25, -0.2) is 4.68 Å². The molecule has 0 saturated heterocycles. The van der Waals surface area contributed by atoms with E-state index in [9.17, 15) is 9.59 Å². The number of carbonyl (C=O) groups is 2. The molecule has 2 amide bonds. The second-order valence-electron chi connectivity index (χ2n) is 6.56. The summed E-state index contributed by atoms with van der Waals surface area (Å²) in [6, 6.07) is 10.5. The average Bonchev–Trinajstić information content (AvgIpc) is 3.02. The number of carbonyl (C=O) groups excluding carboxylic acids is 2. The number of hydrogen-bond acceptors (Lipinski definition) is 4. The third kappa shape index (κ3) is 4.75. The first-order chi connectivity index (χ1) is 13.8. The number of rotatable bonds is 5. The summed E-state index contributed by atoms with van der Waals surface area (Å²) in [6.45, 7) is 5.27. The summed E-state index contributed by atoms with van der Waals surface area (Å²) in [5, 5.41) is 14.5. The van der Waals surface area contributed by atoms with E-state index in [0.29, 0.717) is 27.1 Å². The number of nitrogens with one attached hydrogen (secondary N) is 2. The maximum Gasteiger partial charge on any atom is 0.278 e. The van der Waals surface area contributed by atoms with E-state index >= 15 is 0 Å². The van der Waals surface area contributed by atoms with E-state index in [0.717, 1.165) is 11.1 Å². The Bertz CT molecular complexity index is 1090. The van der Waals surface area contributed by atoms with Crippen LogP contribution < -0.4 is 10.6 Å². The molecule has 3 rings (SSSR count). The smallest absolute Gasteiger partial charge is 0.278 e. The summed E-state index contributed by atoms with van der Waals surface area (Å²) in [6.07, 6.45) is 0. The SMILES string of the molecule is Cc1ccc(NC(=O)Cn2nnc(C(=O)Nc3cccc(Cl)c3C)c2C)cc1Cl. The number of anilines is 2. The van der Waals surface area contributed by atoms with E-state index in [2.05, 4.69) is 20.9 Å². The molecule has 0 bridgehead atoms. The number of amides is 2. The van der Waals surface area contributed by atoms with Crippen LogP contribution in [0.2, 0.25) is 10.0 Å². The highest BCUT2D eigenvalue weighted by atomic mass is 35.5. The Morgan fingerprint density at radius 3 is 2.52 bits per heavy atom. The van der Waals surface area contributed by atoms with E-state index in [4.69, 9.17) is 23.2 Å². The fourth-order valence-electron chi connectivity index (χ4n) is 2.65. The molecule has 0 aliphatic heterocycles. The number of benzene rings is 2. The van der Waals surface area contributed by atoms with Crippen LogP contribution in [0.4, 0.5) is 11.4 Å². The molecule has 150 valence electrons. The summed E-state index contributed by atoms with van der Waals surface area (Å²) >= 11 is 12.2. The van der Waals surface area contributed by atoms with E-state index in [1.807, 2.05) is 19.9 Å². The summed E-state index contributed by atoms with van der Waals surface area (Å²) in [4.78, 5) is 24.9. The minimum Gasteiger partial charge on any atom is -0.324 e. The van der Waals surface area contributed by atoms with Crippen molar-refractivity contribution in [3.05, 3.63) is 69.0 Å². The van der Waals surface area contributed by atoms with Gasteiger partial charge >= 0.3 is 0 Å². The lowest BCUT2D eigenvalue weighted by molar-refractivity contribution is -0.117. The fourth-order valence-corrected chi connectivity index (χ4v) is 3.01. The number of halogens is 2. The summed E-state index contributed by atoms with van der Waals surface area (Å²) in [5.41, 5.74) is 3.45. The molecule has 0 spiro atoms. The summed E-state index contributed by atoms with van der Waals surface area (Å²) in [7, 11) is 0. The predicted molar refractivity (Wildman–Crippen MR) is 114 cm³/mol. The fraction of sp³-hybridized carbons (Fsp3) is 0.200. The molecule has 2 aromatic carbocycles. The molecule has 29 heavy (non-hydrogen) atoms. The Morgan fingerprint density at radius 2 is 1.79 bits per heavy atom. The molecule has 0 saturated carbocycles. The Morgan fingerprint density at radius 1 is 1.03 bits per heavy atom. The zero-order valence-corrected chi connectivity index (χ0v) is 17.6. The van der Waals surface area contributed by atoms with Crippen molar-refractivity contribution in [2.24, 2.45) is 0 Å². The van der Waals surface area contributed by atoms with Gasteiger partial charge in [0.2, 0.25) is 5.91 Å². The van der Waals surface area contributed by atoms with E-state index in [1.54, 1.807) is 37.3 Å². The second kappa shape index (κ2) is 8.63. The lowest BCUT2D eigenvalue weighted by Crippen LogP contribution is -2.21. The molecule has 7 nitrogen and oxygen atoms in total. The molecular weight excluding hydrogens is 413 g/mol.